The highest BCUT2D eigenvalue weighted by Gasteiger charge is 2.33. The molecule has 114 valence electrons. The lowest BCUT2D eigenvalue weighted by molar-refractivity contribution is -0.123. The third-order valence-electron chi connectivity index (χ3n) is 4.00. The van der Waals surface area contributed by atoms with E-state index < -0.39 is 0 Å². The maximum absolute atomic E-state index is 12.9. The smallest absolute Gasteiger partial charge is 0.220 e. The SMILES string of the molecule is C[C@H](NC(=O)CC[C@@]1(C)CCC(=O)N1)c1ccc(F)cc1. The molecule has 1 aliphatic heterocycles. The second kappa shape index (κ2) is 6.24. The van der Waals surface area contributed by atoms with Crippen LogP contribution in [0.3, 0.4) is 0 Å². The van der Waals surface area contributed by atoms with E-state index in [0.717, 1.165) is 12.0 Å². The summed E-state index contributed by atoms with van der Waals surface area (Å²) < 4.78 is 12.9. The molecule has 2 atom stereocenters. The van der Waals surface area contributed by atoms with Crippen molar-refractivity contribution in [2.24, 2.45) is 0 Å². The normalized spacial score (nSPS) is 22.7. The van der Waals surface area contributed by atoms with Crippen molar-refractivity contribution < 1.29 is 14.0 Å². The molecule has 1 heterocycles. The Morgan fingerprint density at radius 3 is 2.67 bits per heavy atom. The lowest BCUT2D eigenvalue weighted by atomic mass is 9.94. The van der Waals surface area contributed by atoms with Gasteiger partial charge in [-0.3, -0.25) is 9.59 Å². The Kier molecular flexibility index (Phi) is 4.60. The van der Waals surface area contributed by atoms with Crippen molar-refractivity contribution in [1.82, 2.24) is 10.6 Å². The molecule has 21 heavy (non-hydrogen) atoms. The molecule has 5 heteroatoms. The second-order valence-corrected chi connectivity index (χ2v) is 5.95. The standard InChI is InChI=1S/C16H21FN2O2/c1-11(12-3-5-13(17)6-4-12)18-14(20)7-9-16(2)10-8-15(21)19-16/h3-6,11H,7-10H2,1-2H3,(H,18,20)(H,19,21)/t11-,16-/m0/s1. The van der Waals surface area contributed by atoms with E-state index in [-0.39, 0.29) is 29.2 Å². The largest absolute Gasteiger partial charge is 0.351 e. The Bertz CT molecular complexity index is 530. The summed E-state index contributed by atoms with van der Waals surface area (Å²) in [5.41, 5.74) is 0.596. The van der Waals surface area contributed by atoms with Crippen molar-refractivity contribution in [1.29, 1.82) is 0 Å². The summed E-state index contributed by atoms with van der Waals surface area (Å²) in [4.78, 5) is 23.2. The lowest BCUT2D eigenvalue weighted by Crippen LogP contribution is -2.39. The van der Waals surface area contributed by atoms with Crippen LogP contribution < -0.4 is 10.6 Å². The summed E-state index contributed by atoms with van der Waals surface area (Å²) in [6.45, 7) is 3.83. The van der Waals surface area contributed by atoms with Crippen molar-refractivity contribution in [3.63, 3.8) is 0 Å². The highest BCUT2D eigenvalue weighted by molar-refractivity contribution is 5.80. The molecule has 0 unspecified atom stereocenters. The van der Waals surface area contributed by atoms with Crippen LogP contribution in [0, 0.1) is 5.82 Å². The van der Waals surface area contributed by atoms with Gasteiger partial charge in [0.2, 0.25) is 11.8 Å². The molecular weight excluding hydrogens is 271 g/mol. The number of amides is 2. The molecule has 1 fully saturated rings. The molecular formula is C16H21FN2O2. The summed E-state index contributed by atoms with van der Waals surface area (Å²) in [5.74, 6) is -0.297. The van der Waals surface area contributed by atoms with Gasteiger partial charge >= 0.3 is 0 Å². The summed E-state index contributed by atoms with van der Waals surface area (Å²) in [7, 11) is 0. The number of hydrogen-bond acceptors (Lipinski definition) is 2. The zero-order valence-corrected chi connectivity index (χ0v) is 12.4. The highest BCUT2D eigenvalue weighted by atomic mass is 19.1. The highest BCUT2D eigenvalue weighted by Crippen LogP contribution is 2.24. The van der Waals surface area contributed by atoms with Crippen LogP contribution >= 0.6 is 0 Å². The molecule has 1 aromatic rings. The number of rotatable bonds is 5. The Balaban J connectivity index is 1.81. The first-order chi connectivity index (χ1) is 9.88. The van der Waals surface area contributed by atoms with Crippen molar-refractivity contribution >= 4 is 11.8 Å². The fourth-order valence-corrected chi connectivity index (χ4v) is 2.58. The zero-order chi connectivity index (χ0) is 15.5. The van der Waals surface area contributed by atoms with E-state index in [0.29, 0.717) is 19.3 Å². The average Bonchev–Trinajstić information content (AvgIpc) is 2.77. The Hall–Kier alpha value is -1.91. The molecule has 0 bridgehead atoms. The Morgan fingerprint density at radius 2 is 2.10 bits per heavy atom. The molecule has 0 saturated carbocycles. The number of nitrogens with one attached hydrogen (secondary N) is 2. The summed E-state index contributed by atoms with van der Waals surface area (Å²) in [6, 6.07) is 5.93. The van der Waals surface area contributed by atoms with Crippen LogP contribution in [0.2, 0.25) is 0 Å². The van der Waals surface area contributed by atoms with E-state index in [2.05, 4.69) is 10.6 Å². The van der Waals surface area contributed by atoms with Crippen molar-refractivity contribution in [3.05, 3.63) is 35.6 Å². The van der Waals surface area contributed by atoms with Gasteiger partial charge in [0, 0.05) is 18.4 Å². The van der Waals surface area contributed by atoms with E-state index >= 15 is 0 Å². The molecule has 0 aliphatic carbocycles. The molecule has 1 aliphatic rings. The van der Waals surface area contributed by atoms with Gasteiger partial charge in [0.05, 0.1) is 6.04 Å². The van der Waals surface area contributed by atoms with Gasteiger partial charge in [0.1, 0.15) is 5.82 Å². The molecule has 2 N–H and O–H groups in total. The molecule has 2 rings (SSSR count). The Morgan fingerprint density at radius 1 is 1.43 bits per heavy atom. The second-order valence-electron chi connectivity index (χ2n) is 5.95. The average molecular weight is 292 g/mol. The third-order valence-corrected chi connectivity index (χ3v) is 4.00. The van der Waals surface area contributed by atoms with Crippen molar-refractivity contribution in [2.45, 2.75) is 51.1 Å². The molecule has 4 nitrogen and oxygen atoms in total. The monoisotopic (exact) mass is 292 g/mol. The van der Waals surface area contributed by atoms with E-state index in [9.17, 15) is 14.0 Å². The molecule has 0 spiro atoms. The van der Waals surface area contributed by atoms with Gasteiger partial charge in [0.25, 0.3) is 0 Å². The van der Waals surface area contributed by atoms with Gasteiger partial charge in [-0.2, -0.15) is 0 Å². The maximum atomic E-state index is 12.9. The van der Waals surface area contributed by atoms with Crippen LogP contribution in [0.15, 0.2) is 24.3 Å². The van der Waals surface area contributed by atoms with Crippen LogP contribution in [-0.4, -0.2) is 17.4 Å². The van der Waals surface area contributed by atoms with Gasteiger partial charge in [-0.1, -0.05) is 12.1 Å². The zero-order valence-electron chi connectivity index (χ0n) is 12.4. The van der Waals surface area contributed by atoms with Gasteiger partial charge in [-0.05, 0) is 44.4 Å². The summed E-state index contributed by atoms with van der Waals surface area (Å²) in [5, 5.41) is 5.81. The minimum Gasteiger partial charge on any atom is -0.351 e. The molecule has 1 aromatic carbocycles. The van der Waals surface area contributed by atoms with Crippen LogP contribution in [-0.2, 0) is 9.59 Å². The number of carbonyl (C=O) groups excluding carboxylic acids is 2. The van der Waals surface area contributed by atoms with Gasteiger partial charge in [-0.15, -0.1) is 0 Å². The maximum Gasteiger partial charge on any atom is 0.220 e. The quantitative estimate of drug-likeness (QED) is 0.876. The number of halogens is 1. The van der Waals surface area contributed by atoms with E-state index in [1.165, 1.54) is 12.1 Å². The van der Waals surface area contributed by atoms with Crippen LogP contribution in [0.25, 0.3) is 0 Å². The van der Waals surface area contributed by atoms with E-state index in [1.807, 2.05) is 13.8 Å². The van der Waals surface area contributed by atoms with Gasteiger partial charge in [-0.25, -0.2) is 4.39 Å². The van der Waals surface area contributed by atoms with Gasteiger partial charge in [0.15, 0.2) is 0 Å². The first-order valence-electron chi connectivity index (χ1n) is 7.24. The predicted molar refractivity (Wildman–Crippen MR) is 78.0 cm³/mol. The third kappa shape index (κ3) is 4.28. The molecule has 0 aromatic heterocycles. The van der Waals surface area contributed by atoms with Crippen LogP contribution in [0.1, 0.15) is 51.1 Å². The van der Waals surface area contributed by atoms with Crippen molar-refractivity contribution in [3.8, 4) is 0 Å². The van der Waals surface area contributed by atoms with Crippen LogP contribution in [0.5, 0.6) is 0 Å². The minimum atomic E-state index is -0.290. The Labute approximate surface area is 124 Å². The van der Waals surface area contributed by atoms with E-state index in [1.54, 1.807) is 12.1 Å². The topological polar surface area (TPSA) is 58.2 Å². The first kappa shape index (κ1) is 15.5. The summed E-state index contributed by atoms with van der Waals surface area (Å²) in [6.07, 6.45) is 2.29. The molecule has 2 amide bonds. The number of benzene rings is 1. The first-order valence-corrected chi connectivity index (χ1v) is 7.24. The van der Waals surface area contributed by atoms with Gasteiger partial charge < -0.3 is 10.6 Å². The summed E-state index contributed by atoms with van der Waals surface area (Å²) >= 11 is 0. The number of hydrogen-bond donors (Lipinski definition) is 2. The molecule has 0 radical (unpaired) electrons. The fraction of sp³-hybridized carbons (Fsp3) is 0.500. The number of carbonyl (C=O) groups is 2. The predicted octanol–water partition coefficient (Wildman–Crippen LogP) is 2.45. The lowest BCUT2D eigenvalue weighted by Gasteiger charge is -2.24. The van der Waals surface area contributed by atoms with Crippen LogP contribution in [0.4, 0.5) is 4.39 Å². The fourth-order valence-electron chi connectivity index (χ4n) is 2.58. The van der Waals surface area contributed by atoms with Crippen molar-refractivity contribution in [2.75, 3.05) is 0 Å². The molecule has 1 saturated heterocycles. The minimum absolute atomic E-state index is 0.0533. The van der Waals surface area contributed by atoms with E-state index in [4.69, 9.17) is 0 Å².